The normalized spacial score (nSPS) is 12.9. The molecule has 0 unspecified atom stereocenters. The maximum absolute atomic E-state index is 5.65. The highest BCUT2D eigenvalue weighted by atomic mass is 16.6. The molecule has 0 atom stereocenters. The average Bonchev–Trinajstić information content (AvgIpc) is 3.14. The van der Waals surface area contributed by atoms with Crippen molar-refractivity contribution in [2.24, 2.45) is 0 Å². The van der Waals surface area contributed by atoms with E-state index in [2.05, 4.69) is 39.4 Å². The molecule has 0 amide bonds. The van der Waals surface area contributed by atoms with Gasteiger partial charge < -0.3 is 14.8 Å². The molecule has 0 saturated carbocycles. The monoisotopic (exact) mass is 359 g/mol. The summed E-state index contributed by atoms with van der Waals surface area (Å²) in [4.78, 5) is 8.80. The van der Waals surface area contributed by atoms with Gasteiger partial charge in [-0.2, -0.15) is 5.10 Å². The number of anilines is 2. The van der Waals surface area contributed by atoms with Crippen LogP contribution in [0.15, 0.2) is 55.0 Å². The molecule has 0 saturated heterocycles. The van der Waals surface area contributed by atoms with E-state index in [4.69, 9.17) is 9.47 Å². The molecule has 134 valence electrons. The SMILES string of the molecule is Cc1ccc(-n2ncc3c(Nc4ccc5c(c4)OCCO5)ncnc32)cc1. The van der Waals surface area contributed by atoms with Crippen molar-refractivity contribution in [3.63, 3.8) is 0 Å². The predicted molar refractivity (Wildman–Crippen MR) is 102 cm³/mol. The Hall–Kier alpha value is -3.61. The number of benzene rings is 2. The van der Waals surface area contributed by atoms with Gasteiger partial charge in [-0.15, -0.1) is 0 Å². The van der Waals surface area contributed by atoms with Gasteiger partial charge in [0.2, 0.25) is 0 Å². The summed E-state index contributed by atoms with van der Waals surface area (Å²) in [7, 11) is 0. The first kappa shape index (κ1) is 15.6. The van der Waals surface area contributed by atoms with Crippen molar-refractivity contribution in [1.82, 2.24) is 19.7 Å². The van der Waals surface area contributed by atoms with E-state index in [-0.39, 0.29) is 0 Å². The van der Waals surface area contributed by atoms with E-state index in [9.17, 15) is 0 Å². The Balaban J connectivity index is 1.52. The topological polar surface area (TPSA) is 74.1 Å². The number of aryl methyl sites for hydroxylation is 1. The highest BCUT2D eigenvalue weighted by Crippen LogP contribution is 2.34. The fourth-order valence-electron chi connectivity index (χ4n) is 3.08. The zero-order valence-electron chi connectivity index (χ0n) is 14.7. The second-order valence-electron chi connectivity index (χ2n) is 6.33. The van der Waals surface area contributed by atoms with Gasteiger partial charge in [-0.3, -0.25) is 0 Å². The molecule has 0 aliphatic carbocycles. The van der Waals surface area contributed by atoms with Crippen LogP contribution in [-0.2, 0) is 0 Å². The van der Waals surface area contributed by atoms with Gasteiger partial charge in [-0.05, 0) is 31.2 Å². The maximum atomic E-state index is 5.65. The highest BCUT2D eigenvalue weighted by Gasteiger charge is 2.14. The lowest BCUT2D eigenvalue weighted by Crippen LogP contribution is -2.15. The van der Waals surface area contributed by atoms with Crippen molar-refractivity contribution in [2.45, 2.75) is 6.92 Å². The van der Waals surface area contributed by atoms with Gasteiger partial charge in [0.05, 0.1) is 17.3 Å². The Morgan fingerprint density at radius 2 is 1.78 bits per heavy atom. The third-order valence-corrected chi connectivity index (χ3v) is 4.45. The van der Waals surface area contributed by atoms with Crippen LogP contribution < -0.4 is 14.8 Å². The molecular weight excluding hydrogens is 342 g/mol. The Bertz CT molecular complexity index is 1120. The van der Waals surface area contributed by atoms with Crippen LogP contribution in [0.25, 0.3) is 16.7 Å². The molecule has 5 rings (SSSR count). The fourth-order valence-corrected chi connectivity index (χ4v) is 3.08. The molecule has 1 aliphatic heterocycles. The van der Waals surface area contributed by atoms with Gasteiger partial charge in [0.25, 0.3) is 0 Å². The summed E-state index contributed by atoms with van der Waals surface area (Å²) in [6.07, 6.45) is 3.31. The van der Waals surface area contributed by atoms with E-state index in [1.807, 2.05) is 35.0 Å². The minimum absolute atomic E-state index is 0.553. The van der Waals surface area contributed by atoms with Gasteiger partial charge >= 0.3 is 0 Å². The van der Waals surface area contributed by atoms with E-state index in [0.717, 1.165) is 33.9 Å². The molecule has 0 bridgehead atoms. The number of fused-ring (bicyclic) bond motifs is 2. The molecule has 3 heterocycles. The molecule has 0 spiro atoms. The largest absolute Gasteiger partial charge is 0.486 e. The van der Waals surface area contributed by atoms with Crippen LogP contribution in [0.5, 0.6) is 11.5 Å². The summed E-state index contributed by atoms with van der Waals surface area (Å²) < 4.78 is 13.0. The molecule has 4 aromatic rings. The summed E-state index contributed by atoms with van der Waals surface area (Å²) in [6.45, 7) is 3.19. The van der Waals surface area contributed by atoms with Crippen molar-refractivity contribution in [3.05, 3.63) is 60.6 Å². The van der Waals surface area contributed by atoms with Crippen LogP contribution in [-0.4, -0.2) is 33.0 Å². The minimum Gasteiger partial charge on any atom is -0.486 e. The molecule has 7 heteroatoms. The van der Waals surface area contributed by atoms with Crippen molar-refractivity contribution >= 4 is 22.5 Å². The average molecular weight is 359 g/mol. The van der Waals surface area contributed by atoms with Crippen molar-refractivity contribution < 1.29 is 9.47 Å². The molecule has 7 nitrogen and oxygen atoms in total. The summed E-state index contributed by atoms with van der Waals surface area (Å²) in [5.41, 5.74) is 3.77. The fraction of sp³-hybridized carbons (Fsp3) is 0.150. The zero-order valence-corrected chi connectivity index (χ0v) is 14.7. The second-order valence-corrected chi connectivity index (χ2v) is 6.33. The first-order valence-electron chi connectivity index (χ1n) is 8.70. The van der Waals surface area contributed by atoms with Gasteiger partial charge in [0.1, 0.15) is 25.4 Å². The van der Waals surface area contributed by atoms with Crippen LogP contribution in [0.3, 0.4) is 0 Å². The Morgan fingerprint density at radius 1 is 0.963 bits per heavy atom. The standard InChI is InChI=1S/C20H17N5O2/c1-13-2-5-15(6-3-13)25-20-16(11-23-25)19(21-12-22-20)24-14-4-7-17-18(10-14)27-9-8-26-17/h2-7,10-12H,8-9H2,1H3,(H,21,22,24). The Labute approximate surface area is 155 Å². The van der Waals surface area contributed by atoms with Crippen molar-refractivity contribution in [1.29, 1.82) is 0 Å². The van der Waals surface area contributed by atoms with Gasteiger partial charge in [-0.1, -0.05) is 17.7 Å². The number of aromatic nitrogens is 4. The molecule has 2 aromatic heterocycles. The Kier molecular flexibility index (Phi) is 3.64. The number of nitrogens with one attached hydrogen (secondary N) is 1. The van der Waals surface area contributed by atoms with Crippen LogP contribution in [0.2, 0.25) is 0 Å². The lowest BCUT2D eigenvalue weighted by atomic mass is 10.2. The summed E-state index contributed by atoms with van der Waals surface area (Å²) in [5.74, 6) is 2.17. The number of nitrogens with zero attached hydrogens (tertiary/aromatic N) is 4. The molecule has 1 N–H and O–H groups in total. The molecule has 1 aliphatic rings. The Morgan fingerprint density at radius 3 is 2.63 bits per heavy atom. The number of hydrogen-bond donors (Lipinski definition) is 1. The summed E-state index contributed by atoms with van der Waals surface area (Å²) in [5, 5.41) is 8.67. The third kappa shape index (κ3) is 2.83. The third-order valence-electron chi connectivity index (χ3n) is 4.45. The maximum Gasteiger partial charge on any atom is 0.168 e. The predicted octanol–water partition coefficient (Wildman–Crippen LogP) is 3.64. The lowest BCUT2D eigenvalue weighted by molar-refractivity contribution is 0.171. The van der Waals surface area contributed by atoms with E-state index in [0.29, 0.717) is 19.0 Å². The lowest BCUT2D eigenvalue weighted by Gasteiger charge is -2.19. The zero-order chi connectivity index (χ0) is 18.2. The van der Waals surface area contributed by atoms with Gasteiger partial charge in [0.15, 0.2) is 17.1 Å². The van der Waals surface area contributed by atoms with Crippen LogP contribution >= 0.6 is 0 Å². The number of ether oxygens (including phenoxy) is 2. The van der Waals surface area contributed by atoms with Crippen molar-refractivity contribution in [2.75, 3.05) is 18.5 Å². The molecular formula is C20H17N5O2. The summed E-state index contributed by atoms with van der Waals surface area (Å²) in [6, 6.07) is 13.9. The second kappa shape index (κ2) is 6.28. The molecule has 0 fully saturated rings. The smallest absolute Gasteiger partial charge is 0.168 e. The molecule has 0 radical (unpaired) electrons. The van der Waals surface area contributed by atoms with E-state index < -0.39 is 0 Å². The van der Waals surface area contributed by atoms with E-state index in [1.165, 1.54) is 11.9 Å². The van der Waals surface area contributed by atoms with Crippen LogP contribution in [0.1, 0.15) is 5.56 Å². The number of hydrogen-bond acceptors (Lipinski definition) is 6. The van der Waals surface area contributed by atoms with Crippen molar-refractivity contribution in [3.8, 4) is 17.2 Å². The van der Waals surface area contributed by atoms with Gasteiger partial charge in [0, 0.05) is 11.8 Å². The van der Waals surface area contributed by atoms with Crippen LogP contribution in [0.4, 0.5) is 11.5 Å². The molecule has 2 aromatic carbocycles. The highest BCUT2D eigenvalue weighted by molar-refractivity contribution is 5.89. The minimum atomic E-state index is 0.553. The summed E-state index contributed by atoms with van der Waals surface area (Å²) >= 11 is 0. The van der Waals surface area contributed by atoms with E-state index in [1.54, 1.807) is 6.20 Å². The quantitative estimate of drug-likeness (QED) is 0.602. The number of rotatable bonds is 3. The van der Waals surface area contributed by atoms with E-state index >= 15 is 0 Å². The first-order valence-corrected chi connectivity index (χ1v) is 8.70. The molecule has 27 heavy (non-hydrogen) atoms. The first-order chi connectivity index (χ1) is 13.3. The van der Waals surface area contributed by atoms with Gasteiger partial charge in [-0.25, -0.2) is 14.6 Å². The van der Waals surface area contributed by atoms with Crippen LogP contribution in [0, 0.1) is 6.92 Å².